The zero-order valence-electron chi connectivity index (χ0n) is 8.27. The number of methoxy groups -OCH3 is 1. The van der Waals surface area contributed by atoms with E-state index in [4.69, 9.17) is 4.74 Å². The molecule has 0 spiro atoms. The highest BCUT2D eigenvalue weighted by atomic mass is 32.1. The molecule has 1 aromatic heterocycles. The van der Waals surface area contributed by atoms with Crippen LogP contribution in [0.3, 0.4) is 0 Å². The van der Waals surface area contributed by atoms with Crippen molar-refractivity contribution < 1.29 is 9.53 Å². The minimum absolute atomic E-state index is 0.0181. The third-order valence-corrected chi connectivity index (χ3v) is 3.03. The van der Waals surface area contributed by atoms with Gasteiger partial charge in [-0.25, -0.2) is 0 Å². The Morgan fingerprint density at radius 2 is 2.60 bits per heavy atom. The number of hydrogen-bond donors (Lipinski definition) is 2. The molecule has 1 amide bonds. The molecule has 2 N–H and O–H groups in total. The summed E-state index contributed by atoms with van der Waals surface area (Å²) in [5.41, 5.74) is 0. The van der Waals surface area contributed by atoms with Gasteiger partial charge in [0.25, 0.3) is 5.91 Å². The van der Waals surface area contributed by atoms with Crippen LogP contribution < -0.4 is 10.6 Å². The van der Waals surface area contributed by atoms with E-state index >= 15 is 0 Å². The Kier molecular flexibility index (Phi) is 3.24. The summed E-state index contributed by atoms with van der Waals surface area (Å²) >= 11 is 1.09. The highest BCUT2D eigenvalue weighted by molar-refractivity contribution is 7.07. The molecule has 1 saturated heterocycles. The molecule has 7 heteroatoms. The number of aromatic nitrogens is 2. The molecule has 82 valence electrons. The minimum Gasteiger partial charge on any atom is -0.378 e. The molecule has 0 radical (unpaired) electrons. The van der Waals surface area contributed by atoms with Gasteiger partial charge in [-0.15, -0.1) is 5.10 Å². The van der Waals surface area contributed by atoms with Crippen LogP contribution in [0.4, 0.5) is 0 Å². The van der Waals surface area contributed by atoms with Crippen molar-refractivity contribution in [3.8, 4) is 0 Å². The number of carbonyl (C=O) groups is 1. The summed E-state index contributed by atoms with van der Waals surface area (Å²) in [4.78, 5) is 12.2. The van der Waals surface area contributed by atoms with Crippen LogP contribution in [0.5, 0.6) is 0 Å². The van der Waals surface area contributed by atoms with Gasteiger partial charge in [0.15, 0.2) is 0 Å². The van der Waals surface area contributed by atoms with Gasteiger partial charge in [-0.1, -0.05) is 4.49 Å². The lowest BCUT2D eigenvalue weighted by Gasteiger charge is -2.17. The molecule has 0 aromatic carbocycles. The molecule has 2 heterocycles. The van der Waals surface area contributed by atoms with E-state index in [1.54, 1.807) is 7.11 Å². The number of ether oxygens (including phenoxy) is 1. The van der Waals surface area contributed by atoms with Gasteiger partial charge in [0.1, 0.15) is 4.88 Å². The molecule has 2 atom stereocenters. The highest BCUT2D eigenvalue weighted by Crippen LogP contribution is 2.07. The fourth-order valence-electron chi connectivity index (χ4n) is 1.55. The number of nitrogens with one attached hydrogen (secondary N) is 2. The van der Waals surface area contributed by atoms with E-state index in [1.807, 2.05) is 0 Å². The van der Waals surface area contributed by atoms with Crippen molar-refractivity contribution in [3.63, 3.8) is 0 Å². The molecule has 0 saturated carbocycles. The molecule has 0 aliphatic carbocycles. The van der Waals surface area contributed by atoms with Crippen LogP contribution in [0.15, 0.2) is 6.20 Å². The predicted molar refractivity (Wildman–Crippen MR) is 54.8 cm³/mol. The lowest BCUT2D eigenvalue weighted by atomic mass is 10.2. The highest BCUT2D eigenvalue weighted by Gasteiger charge is 2.28. The second-order valence-corrected chi connectivity index (χ2v) is 4.08. The van der Waals surface area contributed by atoms with Gasteiger partial charge in [0, 0.05) is 20.2 Å². The molecule has 6 nitrogen and oxygen atoms in total. The number of amides is 1. The molecule has 15 heavy (non-hydrogen) atoms. The Morgan fingerprint density at radius 1 is 1.73 bits per heavy atom. The SMILES string of the molecule is COC1CNCC1NC(=O)c1cnns1. The van der Waals surface area contributed by atoms with E-state index in [0.717, 1.165) is 24.6 Å². The molecule has 2 unspecified atom stereocenters. The maximum absolute atomic E-state index is 11.7. The van der Waals surface area contributed by atoms with E-state index < -0.39 is 0 Å². The van der Waals surface area contributed by atoms with E-state index in [1.165, 1.54) is 6.20 Å². The Balaban J connectivity index is 1.94. The number of nitrogens with zero attached hydrogens (tertiary/aromatic N) is 2. The van der Waals surface area contributed by atoms with Crippen LogP contribution in [0, 0.1) is 0 Å². The Morgan fingerprint density at radius 3 is 3.27 bits per heavy atom. The van der Waals surface area contributed by atoms with E-state index in [0.29, 0.717) is 4.88 Å². The van der Waals surface area contributed by atoms with Crippen LogP contribution in [0.2, 0.25) is 0 Å². The predicted octanol–water partition coefficient (Wildman–Crippen LogP) is -0.745. The van der Waals surface area contributed by atoms with Gasteiger partial charge in [0.05, 0.1) is 18.3 Å². The summed E-state index contributed by atoms with van der Waals surface area (Å²) in [6.45, 7) is 1.50. The van der Waals surface area contributed by atoms with Crippen LogP contribution >= 0.6 is 11.5 Å². The lowest BCUT2D eigenvalue weighted by Crippen LogP contribution is -2.43. The van der Waals surface area contributed by atoms with Crippen LogP contribution in [0.25, 0.3) is 0 Å². The minimum atomic E-state index is -0.138. The largest absolute Gasteiger partial charge is 0.378 e. The van der Waals surface area contributed by atoms with Crippen molar-refractivity contribution in [1.82, 2.24) is 20.2 Å². The fraction of sp³-hybridized carbons (Fsp3) is 0.625. The fourth-order valence-corrected chi connectivity index (χ4v) is 1.97. The topological polar surface area (TPSA) is 76.1 Å². The molecule has 1 aliphatic rings. The second kappa shape index (κ2) is 4.65. The standard InChI is InChI=1S/C8H12N4O2S/c1-14-6-3-9-2-5(6)11-8(13)7-4-10-12-15-7/h4-6,9H,2-3H2,1H3,(H,11,13). The van der Waals surface area contributed by atoms with Crippen molar-refractivity contribution in [3.05, 3.63) is 11.1 Å². The van der Waals surface area contributed by atoms with E-state index in [9.17, 15) is 4.79 Å². The Bertz CT molecular complexity index is 329. The average molecular weight is 228 g/mol. The maximum Gasteiger partial charge on any atom is 0.265 e. The first kappa shape index (κ1) is 10.5. The van der Waals surface area contributed by atoms with Gasteiger partial charge in [0.2, 0.25) is 0 Å². The zero-order valence-corrected chi connectivity index (χ0v) is 9.08. The van der Waals surface area contributed by atoms with Gasteiger partial charge in [-0.05, 0) is 11.5 Å². The summed E-state index contributed by atoms with van der Waals surface area (Å²) in [6, 6.07) is 0.0181. The smallest absolute Gasteiger partial charge is 0.265 e. The Labute approximate surface area is 91.2 Å². The van der Waals surface area contributed by atoms with Gasteiger partial charge >= 0.3 is 0 Å². The van der Waals surface area contributed by atoms with Crippen molar-refractivity contribution in [2.75, 3.05) is 20.2 Å². The Hall–Kier alpha value is -1.05. The summed E-state index contributed by atoms with van der Waals surface area (Å²) in [5.74, 6) is -0.138. The number of rotatable bonds is 3. The van der Waals surface area contributed by atoms with Gasteiger partial charge in [-0.2, -0.15) is 0 Å². The molecule has 1 fully saturated rings. The van der Waals surface area contributed by atoms with Crippen LogP contribution in [0.1, 0.15) is 9.67 Å². The number of carbonyl (C=O) groups excluding carboxylic acids is 1. The molecule has 1 aliphatic heterocycles. The van der Waals surface area contributed by atoms with E-state index in [-0.39, 0.29) is 18.1 Å². The molecule has 2 rings (SSSR count). The maximum atomic E-state index is 11.7. The van der Waals surface area contributed by atoms with Crippen molar-refractivity contribution in [2.24, 2.45) is 0 Å². The second-order valence-electron chi connectivity index (χ2n) is 3.29. The van der Waals surface area contributed by atoms with Crippen molar-refractivity contribution in [2.45, 2.75) is 12.1 Å². The van der Waals surface area contributed by atoms with Crippen molar-refractivity contribution in [1.29, 1.82) is 0 Å². The third-order valence-electron chi connectivity index (χ3n) is 2.36. The summed E-state index contributed by atoms with van der Waals surface area (Å²) < 4.78 is 8.88. The third kappa shape index (κ3) is 2.31. The van der Waals surface area contributed by atoms with Crippen molar-refractivity contribution >= 4 is 17.4 Å². The van der Waals surface area contributed by atoms with Gasteiger partial charge < -0.3 is 15.4 Å². The molecule has 0 bridgehead atoms. The first-order valence-electron chi connectivity index (χ1n) is 4.63. The van der Waals surface area contributed by atoms with Crippen LogP contribution in [-0.4, -0.2) is 47.8 Å². The van der Waals surface area contributed by atoms with E-state index in [2.05, 4.69) is 20.2 Å². The first-order valence-corrected chi connectivity index (χ1v) is 5.40. The monoisotopic (exact) mass is 228 g/mol. The summed E-state index contributed by atoms with van der Waals surface area (Å²) in [6.07, 6.45) is 1.50. The molecular weight excluding hydrogens is 216 g/mol. The summed E-state index contributed by atoms with van der Waals surface area (Å²) in [7, 11) is 1.64. The zero-order chi connectivity index (χ0) is 10.7. The molecule has 1 aromatic rings. The van der Waals surface area contributed by atoms with Gasteiger partial charge in [-0.3, -0.25) is 4.79 Å². The first-order chi connectivity index (χ1) is 7.31. The average Bonchev–Trinajstić information content (AvgIpc) is 2.87. The normalized spacial score (nSPS) is 25.4. The lowest BCUT2D eigenvalue weighted by molar-refractivity contribution is 0.0782. The number of hydrogen-bond acceptors (Lipinski definition) is 6. The van der Waals surface area contributed by atoms with Crippen LogP contribution in [-0.2, 0) is 4.74 Å². The quantitative estimate of drug-likeness (QED) is 0.712. The molecular formula is C8H12N4O2S. The summed E-state index contributed by atoms with van der Waals surface area (Å²) in [5, 5.41) is 9.66.